The number of rotatable bonds is 4. The first-order valence-corrected chi connectivity index (χ1v) is 7.60. The molecule has 2 unspecified atom stereocenters. The highest BCUT2D eigenvalue weighted by atomic mass is 16.1. The van der Waals surface area contributed by atoms with Crippen molar-refractivity contribution in [2.24, 2.45) is 5.92 Å². The molecular formula is C19H21NO. The Bertz CT molecular complexity index is 635. The van der Waals surface area contributed by atoms with Gasteiger partial charge in [-0.3, -0.25) is 4.79 Å². The van der Waals surface area contributed by atoms with E-state index < -0.39 is 0 Å². The van der Waals surface area contributed by atoms with Crippen LogP contribution in [-0.2, 0) is 6.42 Å². The molecule has 0 amide bonds. The summed E-state index contributed by atoms with van der Waals surface area (Å²) in [6.45, 7) is 5.05. The first kappa shape index (κ1) is 13.9. The number of hydrogen-bond acceptors (Lipinski definition) is 2. The lowest BCUT2D eigenvalue weighted by Crippen LogP contribution is -2.35. The molecule has 0 spiro atoms. The Kier molecular flexibility index (Phi) is 3.78. The Balaban J connectivity index is 1.76. The minimum Gasteiger partial charge on any atom is -0.368 e. The fraction of sp³-hybridized carbons (Fsp3) is 0.316. The van der Waals surface area contributed by atoms with Crippen molar-refractivity contribution in [3.8, 4) is 0 Å². The lowest BCUT2D eigenvalue weighted by Gasteiger charge is -2.27. The number of nitrogens with zero attached hydrogens (tertiary/aromatic N) is 1. The van der Waals surface area contributed by atoms with Gasteiger partial charge in [-0.25, -0.2) is 0 Å². The van der Waals surface area contributed by atoms with Crippen LogP contribution in [0.4, 0.5) is 5.69 Å². The van der Waals surface area contributed by atoms with Crippen molar-refractivity contribution in [2.45, 2.75) is 26.3 Å². The molecule has 21 heavy (non-hydrogen) atoms. The van der Waals surface area contributed by atoms with Gasteiger partial charge in [-0.05, 0) is 25.0 Å². The molecule has 0 saturated carbocycles. The van der Waals surface area contributed by atoms with Gasteiger partial charge >= 0.3 is 0 Å². The third-order valence-electron chi connectivity index (χ3n) is 4.32. The average molecular weight is 279 g/mol. The topological polar surface area (TPSA) is 20.3 Å². The molecule has 0 aromatic heterocycles. The van der Waals surface area contributed by atoms with Gasteiger partial charge in [0, 0.05) is 29.8 Å². The molecule has 1 heterocycles. The van der Waals surface area contributed by atoms with Crippen LogP contribution in [0.5, 0.6) is 0 Å². The molecular weight excluding hydrogens is 258 g/mol. The van der Waals surface area contributed by atoms with Crippen LogP contribution in [-0.4, -0.2) is 18.4 Å². The Hall–Kier alpha value is -2.09. The van der Waals surface area contributed by atoms with Gasteiger partial charge in [-0.15, -0.1) is 0 Å². The normalized spacial score (nSPS) is 18.4. The predicted molar refractivity (Wildman–Crippen MR) is 86.9 cm³/mol. The zero-order valence-corrected chi connectivity index (χ0v) is 12.6. The minimum atomic E-state index is 0.000932. The van der Waals surface area contributed by atoms with Crippen LogP contribution >= 0.6 is 0 Å². The number of ketones is 1. The van der Waals surface area contributed by atoms with Gasteiger partial charge in [-0.2, -0.15) is 0 Å². The summed E-state index contributed by atoms with van der Waals surface area (Å²) in [5, 5.41) is 0. The van der Waals surface area contributed by atoms with E-state index in [1.54, 1.807) is 0 Å². The Morgan fingerprint density at radius 2 is 1.81 bits per heavy atom. The molecule has 2 heteroatoms. The van der Waals surface area contributed by atoms with Crippen LogP contribution in [0.25, 0.3) is 0 Å². The highest BCUT2D eigenvalue weighted by molar-refractivity contribution is 5.98. The third kappa shape index (κ3) is 2.71. The second-order valence-electron chi connectivity index (χ2n) is 5.97. The summed E-state index contributed by atoms with van der Waals surface area (Å²) in [7, 11) is 0. The number of anilines is 1. The first-order chi connectivity index (χ1) is 10.2. The highest BCUT2D eigenvalue weighted by Crippen LogP contribution is 2.32. The monoisotopic (exact) mass is 279 g/mol. The van der Waals surface area contributed by atoms with Crippen molar-refractivity contribution in [2.75, 3.05) is 11.4 Å². The number of para-hydroxylation sites is 1. The van der Waals surface area contributed by atoms with Crippen LogP contribution in [0, 0.1) is 5.92 Å². The molecule has 1 aliphatic rings. The maximum Gasteiger partial charge on any atom is 0.167 e. The predicted octanol–water partition coefficient (Wildman–Crippen LogP) is 3.96. The fourth-order valence-electron chi connectivity index (χ4n) is 3.17. The summed E-state index contributed by atoms with van der Waals surface area (Å²) in [4.78, 5) is 14.9. The van der Waals surface area contributed by atoms with Crippen molar-refractivity contribution in [1.82, 2.24) is 0 Å². The molecule has 0 bridgehead atoms. The van der Waals surface area contributed by atoms with Crippen molar-refractivity contribution >= 4 is 11.5 Å². The molecule has 0 aliphatic carbocycles. The number of carbonyl (C=O) groups excluding carboxylic acids is 1. The van der Waals surface area contributed by atoms with E-state index >= 15 is 0 Å². The number of fused-ring (bicyclic) bond motifs is 1. The van der Waals surface area contributed by atoms with Crippen LogP contribution in [0.1, 0.15) is 29.8 Å². The highest BCUT2D eigenvalue weighted by Gasteiger charge is 2.28. The maximum absolute atomic E-state index is 12.5. The number of Topliss-reactive ketones (excluding diaryl/α,β-unsaturated/α-hetero) is 1. The van der Waals surface area contributed by atoms with Gasteiger partial charge in [0.25, 0.3) is 0 Å². The molecule has 1 aliphatic heterocycles. The molecule has 0 N–H and O–H groups in total. The summed E-state index contributed by atoms with van der Waals surface area (Å²) < 4.78 is 0. The van der Waals surface area contributed by atoms with Gasteiger partial charge in [0.2, 0.25) is 0 Å². The Morgan fingerprint density at radius 1 is 1.14 bits per heavy atom. The lowest BCUT2D eigenvalue weighted by atomic mass is 9.98. The number of benzene rings is 2. The van der Waals surface area contributed by atoms with E-state index in [9.17, 15) is 4.79 Å². The summed E-state index contributed by atoms with van der Waals surface area (Å²) in [5.74, 6) is 0.230. The van der Waals surface area contributed by atoms with E-state index in [1.165, 1.54) is 11.3 Å². The second kappa shape index (κ2) is 5.72. The number of hydrogen-bond donors (Lipinski definition) is 0. The van der Waals surface area contributed by atoms with Gasteiger partial charge < -0.3 is 4.90 Å². The lowest BCUT2D eigenvalue weighted by molar-refractivity contribution is 0.0932. The molecule has 0 saturated heterocycles. The molecule has 2 aromatic carbocycles. The Morgan fingerprint density at radius 3 is 2.57 bits per heavy atom. The summed E-state index contributed by atoms with van der Waals surface area (Å²) >= 11 is 0. The van der Waals surface area contributed by atoms with Crippen LogP contribution in [0.15, 0.2) is 54.6 Å². The molecule has 0 fully saturated rings. The third-order valence-corrected chi connectivity index (χ3v) is 4.32. The summed E-state index contributed by atoms with van der Waals surface area (Å²) in [5.41, 5.74) is 3.49. The van der Waals surface area contributed by atoms with Crippen molar-refractivity contribution in [1.29, 1.82) is 0 Å². The van der Waals surface area contributed by atoms with Crippen LogP contribution in [0.2, 0.25) is 0 Å². The van der Waals surface area contributed by atoms with Crippen molar-refractivity contribution in [3.63, 3.8) is 0 Å². The zero-order chi connectivity index (χ0) is 14.8. The largest absolute Gasteiger partial charge is 0.368 e. The van der Waals surface area contributed by atoms with Gasteiger partial charge in [0.1, 0.15) is 0 Å². The van der Waals surface area contributed by atoms with E-state index in [4.69, 9.17) is 0 Å². The molecule has 2 atom stereocenters. The van der Waals surface area contributed by atoms with E-state index in [1.807, 2.05) is 37.3 Å². The van der Waals surface area contributed by atoms with Gasteiger partial charge in [-0.1, -0.05) is 55.5 Å². The Labute approximate surface area is 126 Å². The van der Waals surface area contributed by atoms with E-state index in [-0.39, 0.29) is 11.7 Å². The van der Waals surface area contributed by atoms with Crippen molar-refractivity contribution < 1.29 is 4.79 Å². The molecule has 2 aromatic rings. The maximum atomic E-state index is 12.5. The molecule has 0 radical (unpaired) electrons. The first-order valence-electron chi connectivity index (χ1n) is 7.60. The summed E-state index contributed by atoms with van der Waals surface area (Å²) in [6, 6.07) is 18.6. The standard InChI is InChI=1S/C19H21NO/c1-14(19(21)16-8-4-3-5-9-16)13-20-15(2)12-17-10-6-7-11-18(17)20/h3-11,14-15H,12-13H2,1-2H3. The van der Waals surface area contributed by atoms with E-state index in [2.05, 4.69) is 36.1 Å². The molecule has 108 valence electrons. The van der Waals surface area contributed by atoms with Crippen LogP contribution < -0.4 is 4.90 Å². The smallest absolute Gasteiger partial charge is 0.167 e. The van der Waals surface area contributed by atoms with Crippen molar-refractivity contribution in [3.05, 3.63) is 65.7 Å². The van der Waals surface area contributed by atoms with Gasteiger partial charge in [0.15, 0.2) is 5.78 Å². The second-order valence-corrected chi connectivity index (χ2v) is 5.97. The SMILES string of the molecule is CC(CN1c2ccccc2CC1C)C(=O)c1ccccc1. The number of carbonyl (C=O) groups is 1. The van der Waals surface area contributed by atoms with Crippen LogP contribution in [0.3, 0.4) is 0 Å². The molecule has 3 rings (SSSR count). The zero-order valence-electron chi connectivity index (χ0n) is 12.6. The van der Waals surface area contributed by atoms with E-state index in [0.29, 0.717) is 6.04 Å². The quantitative estimate of drug-likeness (QED) is 0.790. The fourth-order valence-corrected chi connectivity index (χ4v) is 3.17. The minimum absolute atomic E-state index is 0.000932. The van der Waals surface area contributed by atoms with Gasteiger partial charge in [0.05, 0.1) is 0 Å². The summed E-state index contributed by atoms with van der Waals surface area (Å²) in [6.07, 6.45) is 1.07. The average Bonchev–Trinajstić information content (AvgIpc) is 2.83. The molecule has 2 nitrogen and oxygen atoms in total. The van der Waals surface area contributed by atoms with E-state index in [0.717, 1.165) is 18.5 Å².